The van der Waals surface area contributed by atoms with Gasteiger partial charge in [0.2, 0.25) is 0 Å². The predicted molar refractivity (Wildman–Crippen MR) is 58.7 cm³/mol. The zero-order valence-electron chi connectivity index (χ0n) is 9.29. The van der Waals surface area contributed by atoms with Crippen LogP contribution in [0.2, 0.25) is 0 Å². The monoisotopic (exact) mass is 258 g/mol. The average molecular weight is 258 g/mol. The summed E-state index contributed by atoms with van der Waals surface area (Å²) in [6.45, 7) is 1.18. The van der Waals surface area contributed by atoms with Crippen molar-refractivity contribution in [1.29, 1.82) is 0 Å². The van der Waals surface area contributed by atoms with Gasteiger partial charge in [-0.15, -0.1) is 0 Å². The first kappa shape index (κ1) is 11.5. The van der Waals surface area contributed by atoms with Gasteiger partial charge in [-0.05, 0) is 17.7 Å². The number of halogens is 4. The zero-order valence-corrected chi connectivity index (χ0v) is 9.29. The third-order valence-corrected chi connectivity index (χ3v) is 3.23. The molecule has 0 spiro atoms. The summed E-state index contributed by atoms with van der Waals surface area (Å²) in [4.78, 5) is 2.79. The second-order valence-corrected chi connectivity index (χ2v) is 4.38. The summed E-state index contributed by atoms with van der Waals surface area (Å²) in [6, 6.07) is 1.70. The Bertz CT molecular complexity index is 613. The number of aromatic amines is 1. The molecule has 2 N–H and O–H groups in total. The topological polar surface area (TPSA) is 27.8 Å². The highest BCUT2D eigenvalue weighted by molar-refractivity contribution is 5.88. The highest BCUT2D eigenvalue weighted by Gasteiger charge is 2.35. The van der Waals surface area contributed by atoms with Crippen molar-refractivity contribution in [2.75, 3.05) is 6.54 Å². The molecule has 0 radical (unpaired) electrons. The van der Waals surface area contributed by atoms with Crippen LogP contribution in [0.3, 0.4) is 0 Å². The van der Waals surface area contributed by atoms with Crippen molar-refractivity contribution in [3.8, 4) is 0 Å². The van der Waals surface area contributed by atoms with Gasteiger partial charge in [-0.3, -0.25) is 0 Å². The van der Waals surface area contributed by atoms with Gasteiger partial charge in [0.1, 0.15) is 5.82 Å². The maximum Gasteiger partial charge on any atom is 0.418 e. The molecule has 2 nitrogen and oxygen atoms in total. The van der Waals surface area contributed by atoms with E-state index >= 15 is 0 Å². The molecule has 0 amide bonds. The van der Waals surface area contributed by atoms with Crippen LogP contribution in [0, 0.1) is 5.82 Å². The van der Waals surface area contributed by atoms with Crippen LogP contribution in [-0.2, 0) is 19.1 Å². The Kier molecular flexibility index (Phi) is 2.38. The SMILES string of the molecule is Fc1cc(C(F)(F)F)c2[nH]c3c(c2c1)CNCC3. The standard InChI is InChI=1S/C12H10F4N2/c13-6-3-7-8-5-17-2-1-10(8)18-11(7)9(4-6)12(14,15)16/h3-4,17-18H,1-2,5H2. The maximum absolute atomic E-state index is 13.3. The molecule has 0 saturated carbocycles. The van der Waals surface area contributed by atoms with Crippen molar-refractivity contribution in [3.63, 3.8) is 0 Å². The van der Waals surface area contributed by atoms with Gasteiger partial charge in [-0.25, -0.2) is 4.39 Å². The molecule has 6 heteroatoms. The van der Waals surface area contributed by atoms with Crippen LogP contribution in [0.4, 0.5) is 17.6 Å². The van der Waals surface area contributed by atoms with Gasteiger partial charge in [0.25, 0.3) is 0 Å². The van der Waals surface area contributed by atoms with Crippen LogP contribution in [0.1, 0.15) is 16.8 Å². The molecule has 0 aliphatic carbocycles. The molecule has 0 atom stereocenters. The van der Waals surface area contributed by atoms with Gasteiger partial charge in [-0.1, -0.05) is 0 Å². The van der Waals surface area contributed by atoms with Gasteiger partial charge in [0, 0.05) is 30.6 Å². The molecule has 0 bridgehead atoms. The largest absolute Gasteiger partial charge is 0.418 e. The van der Waals surface area contributed by atoms with Crippen LogP contribution >= 0.6 is 0 Å². The highest BCUT2D eigenvalue weighted by atomic mass is 19.4. The Hall–Kier alpha value is -1.56. The Morgan fingerprint density at radius 2 is 1.94 bits per heavy atom. The molecule has 3 rings (SSSR count). The lowest BCUT2D eigenvalue weighted by Crippen LogP contribution is -2.22. The van der Waals surface area contributed by atoms with Gasteiger partial charge in [-0.2, -0.15) is 13.2 Å². The number of rotatable bonds is 0. The minimum atomic E-state index is -4.55. The average Bonchev–Trinajstić information content (AvgIpc) is 2.65. The molecule has 1 aliphatic rings. The fraction of sp³-hybridized carbons (Fsp3) is 0.333. The van der Waals surface area contributed by atoms with Gasteiger partial charge >= 0.3 is 6.18 Å². The van der Waals surface area contributed by atoms with E-state index < -0.39 is 17.6 Å². The maximum atomic E-state index is 13.3. The van der Waals surface area contributed by atoms with Crippen molar-refractivity contribution in [3.05, 3.63) is 34.8 Å². The number of alkyl halides is 3. The number of aromatic nitrogens is 1. The molecular formula is C12H10F4N2. The molecule has 1 aromatic carbocycles. The summed E-state index contributed by atoms with van der Waals surface area (Å²) in [5.74, 6) is -0.859. The Morgan fingerprint density at radius 3 is 2.67 bits per heavy atom. The number of H-pyrrole nitrogens is 1. The summed E-state index contributed by atoms with van der Waals surface area (Å²) in [5.41, 5.74) is 0.547. The van der Waals surface area contributed by atoms with E-state index in [0.29, 0.717) is 31.0 Å². The smallest absolute Gasteiger partial charge is 0.358 e. The van der Waals surface area contributed by atoms with E-state index in [1.54, 1.807) is 0 Å². The predicted octanol–water partition coefficient (Wildman–Crippen LogP) is 2.97. The van der Waals surface area contributed by atoms with E-state index in [9.17, 15) is 17.6 Å². The lowest BCUT2D eigenvalue weighted by Gasteiger charge is -2.12. The number of benzene rings is 1. The Balaban J connectivity index is 2.34. The van der Waals surface area contributed by atoms with Crippen LogP contribution in [-0.4, -0.2) is 11.5 Å². The van der Waals surface area contributed by atoms with Gasteiger partial charge < -0.3 is 10.3 Å². The molecule has 1 aliphatic heterocycles. The molecular weight excluding hydrogens is 248 g/mol. The molecule has 1 aromatic heterocycles. The van der Waals surface area contributed by atoms with Crippen LogP contribution < -0.4 is 5.32 Å². The minimum Gasteiger partial charge on any atom is -0.358 e. The molecule has 96 valence electrons. The molecule has 2 heterocycles. The quantitative estimate of drug-likeness (QED) is 0.698. The number of nitrogens with one attached hydrogen (secondary N) is 2. The van der Waals surface area contributed by atoms with Gasteiger partial charge in [0.05, 0.1) is 11.1 Å². The fourth-order valence-corrected chi connectivity index (χ4v) is 2.43. The highest BCUT2D eigenvalue weighted by Crippen LogP contribution is 2.37. The number of hydrogen-bond donors (Lipinski definition) is 2. The summed E-state index contributed by atoms with van der Waals surface area (Å²) >= 11 is 0. The third-order valence-electron chi connectivity index (χ3n) is 3.23. The Labute approximate surface area is 100.0 Å². The van der Waals surface area contributed by atoms with E-state index in [0.717, 1.165) is 17.3 Å². The van der Waals surface area contributed by atoms with Crippen LogP contribution in [0.15, 0.2) is 12.1 Å². The van der Waals surface area contributed by atoms with Gasteiger partial charge in [0.15, 0.2) is 0 Å². The van der Waals surface area contributed by atoms with E-state index in [1.807, 2.05) is 0 Å². The fourth-order valence-electron chi connectivity index (χ4n) is 2.43. The van der Waals surface area contributed by atoms with Crippen molar-refractivity contribution in [2.45, 2.75) is 19.1 Å². The van der Waals surface area contributed by atoms with Crippen LogP contribution in [0.5, 0.6) is 0 Å². The third kappa shape index (κ3) is 1.68. The first-order valence-electron chi connectivity index (χ1n) is 5.57. The zero-order chi connectivity index (χ0) is 12.9. The number of fused-ring (bicyclic) bond motifs is 3. The lowest BCUT2D eigenvalue weighted by molar-refractivity contribution is -0.136. The van der Waals surface area contributed by atoms with E-state index in [2.05, 4.69) is 10.3 Å². The first-order valence-corrected chi connectivity index (χ1v) is 5.57. The van der Waals surface area contributed by atoms with E-state index in [4.69, 9.17) is 0 Å². The number of hydrogen-bond acceptors (Lipinski definition) is 1. The second kappa shape index (κ2) is 3.71. The first-order chi connectivity index (χ1) is 8.47. The van der Waals surface area contributed by atoms with Crippen molar-refractivity contribution in [1.82, 2.24) is 10.3 Å². The molecule has 2 aromatic rings. The van der Waals surface area contributed by atoms with Crippen molar-refractivity contribution < 1.29 is 17.6 Å². The minimum absolute atomic E-state index is 0.0161. The molecule has 0 saturated heterocycles. The van der Waals surface area contributed by atoms with Crippen molar-refractivity contribution in [2.24, 2.45) is 0 Å². The summed E-state index contributed by atoms with van der Waals surface area (Å²) in [5, 5.41) is 3.40. The molecule has 0 fully saturated rings. The summed E-state index contributed by atoms with van der Waals surface area (Å²) < 4.78 is 51.9. The lowest BCUT2D eigenvalue weighted by atomic mass is 10.0. The summed E-state index contributed by atoms with van der Waals surface area (Å²) in [6.07, 6.45) is -3.93. The normalized spacial score (nSPS) is 16.0. The molecule has 0 unspecified atom stereocenters. The van der Waals surface area contributed by atoms with Crippen LogP contribution in [0.25, 0.3) is 10.9 Å². The molecule has 18 heavy (non-hydrogen) atoms. The van der Waals surface area contributed by atoms with Crippen molar-refractivity contribution >= 4 is 10.9 Å². The van der Waals surface area contributed by atoms with E-state index in [-0.39, 0.29) is 5.52 Å². The Morgan fingerprint density at radius 1 is 1.17 bits per heavy atom. The van der Waals surface area contributed by atoms with E-state index in [1.165, 1.54) is 0 Å². The summed E-state index contributed by atoms with van der Waals surface area (Å²) in [7, 11) is 0. The second-order valence-electron chi connectivity index (χ2n) is 4.38.